The highest BCUT2D eigenvalue weighted by molar-refractivity contribution is 7.88. The van der Waals surface area contributed by atoms with Gasteiger partial charge < -0.3 is 0 Å². The van der Waals surface area contributed by atoms with Crippen LogP contribution < -0.4 is 4.72 Å². The average molecular weight is 359 g/mol. The lowest BCUT2D eigenvalue weighted by atomic mass is 9.72. The van der Waals surface area contributed by atoms with Crippen LogP contribution in [0.3, 0.4) is 0 Å². The third-order valence-corrected chi connectivity index (χ3v) is 5.98. The largest absolute Gasteiger partial charge is 0.264 e. The Hall–Kier alpha value is -1.72. The summed E-state index contributed by atoms with van der Waals surface area (Å²) in [7, 11) is -3.18. The van der Waals surface area contributed by atoms with E-state index in [0.29, 0.717) is 18.4 Å². The number of aromatic nitrogens is 1. The normalized spacial score (nSPS) is 22.4. The van der Waals surface area contributed by atoms with E-state index < -0.39 is 10.0 Å². The Balaban J connectivity index is 1.70. The van der Waals surface area contributed by atoms with Gasteiger partial charge in [-0.05, 0) is 54.7 Å². The first kappa shape index (κ1) is 18.1. The second kappa shape index (κ2) is 8.11. The fourth-order valence-electron chi connectivity index (χ4n) is 3.97. The number of benzene rings is 1. The van der Waals surface area contributed by atoms with Crippen molar-refractivity contribution in [2.24, 2.45) is 5.92 Å². The Labute approximate surface area is 150 Å². The number of sulfonamides is 1. The zero-order valence-electron chi connectivity index (χ0n) is 14.6. The van der Waals surface area contributed by atoms with Gasteiger partial charge in [-0.3, -0.25) is 4.98 Å². The van der Waals surface area contributed by atoms with E-state index in [0.717, 1.165) is 25.7 Å². The topological polar surface area (TPSA) is 59.1 Å². The van der Waals surface area contributed by atoms with Crippen LogP contribution in [0.2, 0.25) is 0 Å². The van der Waals surface area contributed by atoms with Gasteiger partial charge in [-0.15, -0.1) is 0 Å². The SMILES string of the molecule is CS(=O)(=O)NCC(c1ccccc1)C1CCC(c2cccnc2)CC1. The Morgan fingerprint density at radius 3 is 2.40 bits per heavy atom. The van der Waals surface area contributed by atoms with E-state index in [-0.39, 0.29) is 5.92 Å². The first-order chi connectivity index (χ1) is 12.0. The van der Waals surface area contributed by atoms with Gasteiger partial charge in [0.25, 0.3) is 0 Å². The van der Waals surface area contributed by atoms with Crippen molar-refractivity contribution in [3.05, 3.63) is 66.0 Å². The molecule has 0 aliphatic heterocycles. The summed E-state index contributed by atoms with van der Waals surface area (Å²) >= 11 is 0. The molecule has 3 rings (SSSR count). The maximum absolute atomic E-state index is 11.6. The first-order valence-corrected chi connectivity index (χ1v) is 10.8. The molecule has 1 aromatic heterocycles. The zero-order valence-corrected chi connectivity index (χ0v) is 15.5. The van der Waals surface area contributed by atoms with E-state index in [1.54, 1.807) is 0 Å². The number of pyridine rings is 1. The van der Waals surface area contributed by atoms with Crippen LogP contribution >= 0.6 is 0 Å². The van der Waals surface area contributed by atoms with E-state index >= 15 is 0 Å². The van der Waals surface area contributed by atoms with Crippen molar-refractivity contribution in [3.63, 3.8) is 0 Å². The molecular weight excluding hydrogens is 332 g/mol. The lowest BCUT2D eigenvalue weighted by molar-refractivity contribution is 0.280. The van der Waals surface area contributed by atoms with Gasteiger partial charge in [-0.2, -0.15) is 0 Å². The summed E-state index contributed by atoms with van der Waals surface area (Å²) in [4.78, 5) is 4.24. The highest BCUT2D eigenvalue weighted by Crippen LogP contribution is 2.41. The minimum atomic E-state index is -3.18. The molecule has 2 aromatic rings. The molecule has 0 spiro atoms. The van der Waals surface area contributed by atoms with Gasteiger partial charge >= 0.3 is 0 Å². The Bertz CT molecular complexity index is 755. The van der Waals surface area contributed by atoms with Crippen LogP contribution in [0.1, 0.15) is 48.6 Å². The number of hydrogen-bond acceptors (Lipinski definition) is 3. The van der Waals surface area contributed by atoms with Crippen LogP contribution in [0, 0.1) is 5.92 Å². The van der Waals surface area contributed by atoms with Crippen LogP contribution in [-0.2, 0) is 10.0 Å². The summed E-state index contributed by atoms with van der Waals surface area (Å²) < 4.78 is 25.9. The summed E-state index contributed by atoms with van der Waals surface area (Å²) in [5, 5.41) is 0. The number of nitrogens with zero attached hydrogens (tertiary/aromatic N) is 1. The second-order valence-corrected chi connectivity index (χ2v) is 8.87. The van der Waals surface area contributed by atoms with Gasteiger partial charge in [0.15, 0.2) is 0 Å². The zero-order chi connectivity index (χ0) is 17.7. The number of nitrogens with one attached hydrogen (secondary N) is 1. The van der Waals surface area contributed by atoms with E-state index in [4.69, 9.17) is 0 Å². The lowest BCUT2D eigenvalue weighted by Gasteiger charge is -2.34. The summed E-state index contributed by atoms with van der Waals surface area (Å²) in [5.41, 5.74) is 2.55. The predicted octanol–water partition coefficient (Wildman–Crippen LogP) is 3.69. The van der Waals surface area contributed by atoms with Gasteiger partial charge in [0.2, 0.25) is 10.0 Å². The summed E-state index contributed by atoms with van der Waals surface area (Å²) in [6.45, 7) is 0.477. The summed E-state index contributed by atoms with van der Waals surface area (Å²) in [6, 6.07) is 14.5. The van der Waals surface area contributed by atoms with Crippen molar-refractivity contribution in [2.45, 2.75) is 37.5 Å². The second-order valence-electron chi connectivity index (χ2n) is 7.04. The third kappa shape index (κ3) is 5.13. The van der Waals surface area contributed by atoms with Crippen molar-refractivity contribution in [1.29, 1.82) is 0 Å². The molecule has 0 radical (unpaired) electrons. The van der Waals surface area contributed by atoms with Crippen LogP contribution in [0.15, 0.2) is 54.9 Å². The molecular formula is C20H26N2O2S. The Morgan fingerprint density at radius 1 is 1.08 bits per heavy atom. The monoisotopic (exact) mass is 358 g/mol. The van der Waals surface area contributed by atoms with Crippen LogP contribution in [0.5, 0.6) is 0 Å². The standard InChI is InChI=1S/C20H26N2O2S/c1-25(23,24)22-15-20(17-6-3-2-4-7-17)18-11-9-16(10-12-18)19-8-5-13-21-14-19/h2-8,13-14,16,18,20,22H,9-12,15H2,1H3. The van der Waals surface area contributed by atoms with Crippen molar-refractivity contribution in [1.82, 2.24) is 9.71 Å². The highest BCUT2D eigenvalue weighted by atomic mass is 32.2. The molecule has 134 valence electrons. The van der Waals surface area contributed by atoms with Gasteiger partial charge in [-0.25, -0.2) is 13.1 Å². The molecule has 5 heteroatoms. The van der Waals surface area contributed by atoms with Crippen molar-refractivity contribution >= 4 is 10.0 Å². The van der Waals surface area contributed by atoms with Crippen LogP contribution in [-0.4, -0.2) is 26.2 Å². The van der Waals surface area contributed by atoms with Crippen molar-refractivity contribution in [2.75, 3.05) is 12.8 Å². The van der Waals surface area contributed by atoms with E-state index in [1.807, 2.05) is 36.7 Å². The summed E-state index contributed by atoms with van der Waals surface area (Å²) in [5.74, 6) is 1.31. The molecule has 0 bridgehead atoms. The molecule has 1 heterocycles. The molecule has 25 heavy (non-hydrogen) atoms. The molecule has 1 N–H and O–H groups in total. The van der Waals surface area contributed by atoms with E-state index in [1.165, 1.54) is 17.4 Å². The molecule has 1 atom stereocenters. The lowest BCUT2D eigenvalue weighted by Crippen LogP contribution is -2.32. The van der Waals surface area contributed by atoms with E-state index in [2.05, 4.69) is 27.9 Å². The van der Waals surface area contributed by atoms with E-state index in [9.17, 15) is 8.42 Å². The molecule has 1 aromatic carbocycles. The van der Waals surface area contributed by atoms with Crippen LogP contribution in [0.25, 0.3) is 0 Å². The molecule has 4 nitrogen and oxygen atoms in total. The molecule has 0 amide bonds. The average Bonchev–Trinajstić information content (AvgIpc) is 2.63. The molecule has 1 aliphatic rings. The third-order valence-electron chi connectivity index (χ3n) is 5.29. The van der Waals surface area contributed by atoms with Gasteiger partial charge in [0.1, 0.15) is 0 Å². The Morgan fingerprint density at radius 2 is 1.80 bits per heavy atom. The molecule has 0 saturated heterocycles. The maximum atomic E-state index is 11.6. The van der Waals surface area contributed by atoms with Crippen molar-refractivity contribution < 1.29 is 8.42 Å². The summed E-state index contributed by atoms with van der Waals surface area (Å²) in [6.07, 6.45) is 9.53. The number of rotatable bonds is 6. The molecule has 1 unspecified atom stereocenters. The molecule has 1 fully saturated rings. The molecule has 1 aliphatic carbocycles. The quantitative estimate of drug-likeness (QED) is 0.857. The van der Waals surface area contributed by atoms with Gasteiger partial charge in [0.05, 0.1) is 6.26 Å². The fraction of sp³-hybridized carbons (Fsp3) is 0.450. The smallest absolute Gasteiger partial charge is 0.208 e. The van der Waals surface area contributed by atoms with Gasteiger partial charge in [-0.1, -0.05) is 36.4 Å². The predicted molar refractivity (Wildman–Crippen MR) is 101 cm³/mol. The molecule has 1 saturated carbocycles. The maximum Gasteiger partial charge on any atom is 0.208 e. The fourth-order valence-corrected chi connectivity index (χ4v) is 4.45. The van der Waals surface area contributed by atoms with Crippen molar-refractivity contribution in [3.8, 4) is 0 Å². The van der Waals surface area contributed by atoms with Gasteiger partial charge in [0, 0.05) is 24.9 Å². The number of hydrogen-bond donors (Lipinski definition) is 1. The Kier molecular flexibility index (Phi) is 5.86. The van der Waals surface area contributed by atoms with Crippen LogP contribution in [0.4, 0.5) is 0 Å². The minimum absolute atomic E-state index is 0.228. The minimum Gasteiger partial charge on any atom is -0.264 e. The highest BCUT2D eigenvalue weighted by Gasteiger charge is 2.29. The first-order valence-electron chi connectivity index (χ1n) is 8.92.